The summed E-state index contributed by atoms with van der Waals surface area (Å²) < 4.78 is 13.3. The van der Waals surface area contributed by atoms with Crippen LogP contribution in [-0.2, 0) is 9.59 Å². The molecule has 1 rings (SSSR count). The number of benzene rings is 1. The van der Waals surface area contributed by atoms with Gasteiger partial charge < -0.3 is 15.7 Å². The van der Waals surface area contributed by atoms with E-state index in [0.717, 1.165) is 18.9 Å². The van der Waals surface area contributed by atoms with E-state index in [2.05, 4.69) is 10.6 Å². The summed E-state index contributed by atoms with van der Waals surface area (Å²) in [5.41, 5.74) is 0.676. The van der Waals surface area contributed by atoms with Gasteiger partial charge in [0.2, 0.25) is 0 Å². The Morgan fingerprint density at radius 3 is 2.35 bits per heavy atom. The van der Waals surface area contributed by atoms with Crippen molar-refractivity contribution in [1.82, 2.24) is 5.32 Å². The highest BCUT2D eigenvalue weighted by Gasteiger charge is 2.27. The minimum Gasteiger partial charge on any atom is -0.396 e. The molecule has 5 nitrogen and oxygen atoms in total. The molecule has 23 heavy (non-hydrogen) atoms. The van der Waals surface area contributed by atoms with Crippen LogP contribution in [-0.4, -0.2) is 30.1 Å². The SMILES string of the molecule is CCC(CC)(CCO)CNC(=O)C(=O)Nc1cc(C)cc(F)c1. The van der Waals surface area contributed by atoms with Crippen molar-refractivity contribution in [2.24, 2.45) is 5.41 Å². The monoisotopic (exact) mass is 324 g/mol. The lowest BCUT2D eigenvalue weighted by atomic mass is 9.79. The van der Waals surface area contributed by atoms with Crippen molar-refractivity contribution >= 4 is 17.5 Å². The van der Waals surface area contributed by atoms with Gasteiger partial charge in [-0.1, -0.05) is 13.8 Å². The van der Waals surface area contributed by atoms with Gasteiger partial charge in [-0.2, -0.15) is 0 Å². The predicted octanol–water partition coefficient (Wildman–Crippen LogP) is 2.38. The molecule has 128 valence electrons. The van der Waals surface area contributed by atoms with Gasteiger partial charge in [0.1, 0.15) is 5.82 Å². The molecule has 0 saturated heterocycles. The summed E-state index contributed by atoms with van der Waals surface area (Å²) >= 11 is 0. The molecule has 0 bridgehead atoms. The smallest absolute Gasteiger partial charge is 0.313 e. The molecule has 0 aromatic heterocycles. The quantitative estimate of drug-likeness (QED) is 0.674. The van der Waals surface area contributed by atoms with E-state index in [0.29, 0.717) is 18.5 Å². The predicted molar refractivity (Wildman–Crippen MR) is 87.5 cm³/mol. The zero-order valence-corrected chi connectivity index (χ0v) is 13.9. The molecular formula is C17H25FN2O3. The number of nitrogens with one attached hydrogen (secondary N) is 2. The van der Waals surface area contributed by atoms with Crippen molar-refractivity contribution < 1.29 is 19.1 Å². The number of anilines is 1. The first kappa shape index (κ1) is 19.1. The van der Waals surface area contributed by atoms with Gasteiger partial charge in [-0.3, -0.25) is 9.59 Å². The molecule has 0 radical (unpaired) electrons. The fourth-order valence-electron chi connectivity index (χ4n) is 2.52. The molecule has 6 heteroatoms. The second-order valence-electron chi connectivity index (χ2n) is 5.83. The Morgan fingerprint density at radius 1 is 1.17 bits per heavy atom. The largest absolute Gasteiger partial charge is 0.396 e. The number of rotatable bonds is 7. The van der Waals surface area contributed by atoms with Crippen LogP contribution in [0.4, 0.5) is 10.1 Å². The molecule has 1 aromatic carbocycles. The Balaban J connectivity index is 2.65. The first-order chi connectivity index (χ1) is 10.9. The van der Waals surface area contributed by atoms with Crippen molar-refractivity contribution in [3.05, 3.63) is 29.6 Å². The molecule has 0 aliphatic heterocycles. The standard InChI is InChI=1S/C17H25FN2O3/c1-4-17(5-2,6-7-21)11-19-15(22)16(23)20-14-9-12(3)8-13(18)10-14/h8-10,21H,4-7,11H2,1-3H3,(H,19,22)(H,20,23). The number of halogens is 1. The zero-order valence-electron chi connectivity index (χ0n) is 13.9. The Hall–Kier alpha value is -1.95. The van der Waals surface area contributed by atoms with Gasteiger partial charge in [0.25, 0.3) is 0 Å². The van der Waals surface area contributed by atoms with E-state index < -0.39 is 17.6 Å². The number of hydrogen-bond donors (Lipinski definition) is 3. The molecular weight excluding hydrogens is 299 g/mol. The van der Waals surface area contributed by atoms with Crippen molar-refractivity contribution in [3.63, 3.8) is 0 Å². The molecule has 0 aliphatic carbocycles. The summed E-state index contributed by atoms with van der Waals surface area (Å²) in [5.74, 6) is -2.07. The second kappa shape index (κ2) is 8.62. The third-order valence-electron chi connectivity index (χ3n) is 4.27. The average molecular weight is 324 g/mol. The van der Waals surface area contributed by atoms with Gasteiger partial charge >= 0.3 is 11.8 Å². The highest BCUT2D eigenvalue weighted by atomic mass is 19.1. The molecule has 0 spiro atoms. The van der Waals surface area contributed by atoms with Gasteiger partial charge in [-0.15, -0.1) is 0 Å². The van der Waals surface area contributed by atoms with Gasteiger partial charge in [-0.05, 0) is 55.4 Å². The molecule has 0 heterocycles. The molecule has 0 fully saturated rings. The summed E-state index contributed by atoms with van der Waals surface area (Å²) in [4.78, 5) is 23.8. The highest BCUT2D eigenvalue weighted by Crippen LogP contribution is 2.29. The van der Waals surface area contributed by atoms with Crippen LogP contribution in [0.2, 0.25) is 0 Å². The lowest BCUT2D eigenvalue weighted by Gasteiger charge is -2.31. The van der Waals surface area contributed by atoms with E-state index in [1.54, 1.807) is 13.0 Å². The Labute approximate surface area is 136 Å². The van der Waals surface area contributed by atoms with Gasteiger partial charge in [-0.25, -0.2) is 4.39 Å². The number of aliphatic hydroxyl groups is 1. The molecule has 0 atom stereocenters. The van der Waals surface area contributed by atoms with E-state index in [1.165, 1.54) is 6.07 Å². The van der Waals surface area contributed by atoms with Crippen LogP contribution in [0.5, 0.6) is 0 Å². The molecule has 1 aromatic rings. The highest BCUT2D eigenvalue weighted by molar-refractivity contribution is 6.39. The van der Waals surface area contributed by atoms with Crippen LogP contribution >= 0.6 is 0 Å². The van der Waals surface area contributed by atoms with E-state index in [9.17, 15) is 14.0 Å². The fourth-order valence-corrected chi connectivity index (χ4v) is 2.52. The van der Waals surface area contributed by atoms with E-state index >= 15 is 0 Å². The number of aryl methyl sites for hydroxylation is 1. The maximum atomic E-state index is 13.3. The summed E-state index contributed by atoms with van der Waals surface area (Å²) in [7, 11) is 0. The first-order valence-corrected chi connectivity index (χ1v) is 7.83. The first-order valence-electron chi connectivity index (χ1n) is 7.83. The average Bonchev–Trinajstić information content (AvgIpc) is 2.50. The van der Waals surface area contributed by atoms with Crippen LogP contribution < -0.4 is 10.6 Å². The van der Waals surface area contributed by atoms with Gasteiger partial charge in [0.05, 0.1) is 0 Å². The lowest BCUT2D eigenvalue weighted by molar-refractivity contribution is -0.136. The van der Waals surface area contributed by atoms with Crippen molar-refractivity contribution in [1.29, 1.82) is 0 Å². The maximum absolute atomic E-state index is 13.3. The number of carbonyl (C=O) groups excluding carboxylic acids is 2. The van der Waals surface area contributed by atoms with Crippen LogP contribution in [0.3, 0.4) is 0 Å². The lowest BCUT2D eigenvalue weighted by Crippen LogP contribution is -2.42. The fraction of sp³-hybridized carbons (Fsp3) is 0.529. The third kappa shape index (κ3) is 5.63. The van der Waals surface area contributed by atoms with Gasteiger partial charge in [0.15, 0.2) is 0 Å². The maximum Gasteiger partial charge on any atom is 0.313 e. The summed E-state index contributed by atoms with van der Waals surface area (Å²) in [5, 5.41) is 14.1. The number of aliphatic hydroxyl groups excluding tert-OH is 1. The third-order valence-corrected chi connectivity index (χ3v) is 4.27. The summed E-state index contributed by atoms with van der Waals surface area (Å²) in [6.45, 7) is 6.02. The minimum absolute atomic E-state index is 0.0340. The summed E-state index contributed by atoms with van der Waals surface area (Å²) in [6.07, 6.45) is 2.13. The van der Waals surface area contributed by atoms with Crippen LogP contribution in [0.1, 0.15) is 38.7 Å². The van der Waals surface area contributed by atoms with Crippen LogP contribution in [0.15, 0.2) is 18.2 Å². The molecule has 2 amide bonds. The number of carbonyl (C=O) groups is 2. The van der Waals surface area contributed by atoms with E-state index in [1.807, 2.05) is 13.8 Å². The molecule has 3 N–H and O–H groups in total. The van der Waals surface area contributed by atoms with Crippen molar-refractivity contribution in [3.8, 4) is 0 Å². The van der Waals surface area contributed by atoms with Crippen LogP contribution in [0, 0.1) is 18.2 Å². The van der Waals surface area contributed by atoms with Crippen molar-refractivity contribution in [2.75, 3.05) is 18.5 Å². The summed E-state index contributed by atoms with van der Waals surface area (Å²) in [6, 6.07) is 4.08. The van der Waals surface area contributed by atoms with Gasteiger partial charge in [0, 0.05) is 18.8 Å². The van der Waals surface area contributed by atoms with E-state index in [-0.39, 0.29) is 17.7 Å². The number of hydrogen-bond acceptors (Lipinski definition) is 3. The van der Waals surface area contributed by atoms with Crippen LogP contribution in [0.25, 0.3) is 0 Å². The molecule has 0 unspecified atom stereocenters. The topological polar surface area (TPSA) is 78.4 Å². The molecule has 0 aliphatic rings. The Kier molecular flexibility index (Phi) is 7.16. The Bertz CT molecular complexity index is 537. The normalized spacial score (nSPS) is 11.2. The second-order valence-corrected chi connectivity index (χ2v) is 5.83. The number of amides is 2. The molecule has 0 saturated carbocycles. The van der Waals surface area contributed by atoms with Crippen molar-refractivity contribution in [2.45, 2.75) is 40.0 Å². The Morgan fingerprint density at radius 2 is 1.83 bits per heavy atom. The zero-order chi connectivity index (χ0) is 17.5. The minimum atomic E-state index is -0.833. The van der Waals surface area contributed by atoms with E-state index in [4.69, 9.17) is 5.11 Å².